The maximum atomic E-state index is 13.6. The largest absolute Gasteiger partial charge is 0.444 e. The minimum atomic E-state index is -0.521. The Labute approximate surface area is 193 Å². The van der Waals surface area contributed by atoms with E-state index in [2.05, 4.69) is 10.3 Å². The van der Waals surface area contributed by atoms with Gasteiger partial charge in [-0.1, -0.05) is 12.1 Å². The molecule has 3 aromatic rings. The first-order chi connectivity index (χ1) is 15.6. The molecule has 0 spiro atoms. The van der Waals surface area contributed by atoms with Crippen molar-refractivity contribution in [1.29, 1.82) is 0 Å². The van der Waals surface area contributed by atoms with Crippen LogP contribution in [0.15, 0.2) is 42.5 Å². The highest BCUT2D eigenvalue weighted by molar-refractivity contribution is 5.99. The topological polar surface area (TPSA) is 74.4 Å². The highest BCUT2D eigenvalue weighted by atomic mass is 19.1. The van der Waals surface area contributed by atoms with E-state index in [1.54, 1.807) is 17.9 Å². The maximum Gasteiger partial charge on any atom is 0.410 e. The Morgan fingerprint density at radius 2 is 1.73 bits per heavy atom. The summed E-state index contributed by atoms with van der Waals surface area (Å²) in [6.45, 7) is 8.39. The van der Waals surface area contributed by atoms with Crippen LogP contribution in [-0.4, -0.2) is 46.6 Å². The van der Waals surface area contributed by atoms with Crippen molar-refractivity contribution in [3.63, 3.8) is 0 Å². The van der Waals surface area contributed by atoms with Gasteiger partial charge in [0.25, 0.3) is 5.91 Å². The molecule has 2 aromatic carbocycles. The van der Waals surface area contributed by atoms with Crippen LogP contribution < -0.4 is 5.32 Å². The highest BCUT2D eigenvalue weighted by Gasteiger charge is 2.27. The number of piperidine rings is 1. The molecule has 33 heavy (non-hydrogen) atoms. The molecule has 0 radical (unpaired) electrons. The third-order valence-corrected chi connectivity index (χ3v) is 5.84. The molecule has 4 rings (SSSR count). The maximum absolute atomic E-state index is 13.6. The number of aromatic amines is 1. The number of ether oxygens (including phenoxy) is 1. The van der Waals surface area contributed by atoms with Gasteiger partial charge in [0.1, 0.15) is 17.1 Å². The molecule has 1 aliphatic heterocycles. The van der Waals surface area contributed by atoms with Gasteiger partial charge < -0.3 is 19.9 Å². The predicted molar refractivity (Wildman–Crippen MR) is 127 cm³/mol. The van der Waals surface area contributed by atoms with Crippen molar-refractivity contribution in [2.75, 3.05) is 13.1 Å². The normalized spacial score (nSPS) is 15.0. The van der Waals surface area contributed by atoms with Crippen molar-refractivity contribution >= 4 is 22.9 Å². The molecule has 6 nitrogen and oxygen atoms in total. The quantitative estimate of drug-likeness (QED) is 0.559. The first-order valence-corrected chi connectivity index (χ1v) is 11.3. The van der Waals surface area contributed by atoms with E-state index in [0.29, 0.717) is 37.2 Å². The summed E-state index contributed by atoms with van der Waals surface area (Å²) in [5.41, 5.74) is 3.33. The highest BCUT2D eigenvalue weighted by Crippen LogP contribution is 2.26. The summed E-state index contributed by atoms with van der Waals surface area (Å²) in [7, 11) is 0. The van der Waals surface area contributed by atoms with E-state index in [0.717, 1.165) is 22.0 Å². The molecular weight excluding hydrogens is 421 g/mol. The molecule has 0 unspecified atom stereocenters. The Hall–Kier alpha value is -3.35. The lowest BCUT2D eigenvalue weighted by Gasteiger charge is -2.33. The summed E-state index contributed by atoms with van der Waals surface area (Å²) in [5.74, 6) is -0.390. The van der Waals surface area contributed by atoms with Crippen LogP contribution in [0.3, 0.4) is 0 Å². The van der Waals surface area contributed by atoms with E-state index in [1.807, 2.05) is 51.1 Å². The Balaban J connectivity index is 1.40. The van der Waals surface area contributed by atoms with Crippen molar-refractivity contribution in [3.05, 3.63) is 59.5 Å². The lowest BCUT2D eigenvalue weighted by atomic mass is 10.0. The second kappa shape index (κ2) is 8.89. The Kier molecular flexibility index (Phi) is 6.15. The summed E-state index contributed by atoms with van der Waals surface area (Å²) in [6, 6.07) is 12.8. The smallest absolute Gasteiger partial charge is 0.410 e. The number of likely N-dealkylation sites (tertiary alicyclic amines) is 1. The summed E-state index contributed by atoms with van der Waals surface area (Å²) in [6.07, 6.45) is 1.05. The van der Waals surface area contributed by atoms with Gasteiger partial charge in [0.05, 0.1) is 0 Å². The van der Waals surface area contributed by atoms with Gasteiger partial charge in [-0.3, -0.25) is 4.79 Å². The van der Waals surface area contributed by atoms with Crippen molar-refractivity contribution in [1.82, 2.24) is 15.2 Å². The van der Waals surface area contributed by atoms with Crippen LogP contribution in [-0.2, 0) is 4.74 Å². The minimum Gasteiger partial charge on any atom is -0.444 e. The number of amides is 2. The van der Waals surface area contributed by atoms with Crippen LogP contribution in [0.4, 0.5) is 9.18 Å². The zero-order chi connectivity index (χ0) is 23.8. The number of carbonyl (C=O) groups is 2. The van der Waals surface area contributed by atoms with E-state index >= 15 is 0 Å². The van der Waals surface area contributed by atoms with Crippen LogP contribution in [0, 0.1) is 12.7 Å². The fourth-order valence-corrected chi connectivity index (χ4v) is 4.05. The van der Waals surface area contributed by atoms with Crippen molar-refractivity contribution < 1.29 is 18.7 Å². The number of benzene rings is 2. The van der Waals surface area contributed by atoms with E-state index in [4.69, 9.17) is 4.74 Å². The average molecular weight is 452 g/mol. The molecule has 0 saturated carbocycles. The summed E-state index contributed by atoms with van der Waals surface area (Å²) in [4.78, 5) is 29.9. The minimum absolute atomic E-state index is 0.000324. The standard InChI is InChI=1S/C26H30FN3O3/c1-16-13-17(5-7-21(16)27)18-6-8-22-19(14-18)15-23(29-22)24(31)28-20-9-11-30(12-10-20)25(32)33-26(2,3)4/h5-8,13-15,20,29H,9-12H2,1-4H3,(H,28,31). The van der Waals surface area contributed by atoms with Gasteiger partial charge >= 0.3 is 6.09 Å². The van der Waals surface area contributed by atoms with Gasteiger partial charge in [-0.15, -0.1) is 0 Å². The van der Waals surface area contributed by atoms with Gasteiger partial charge in [0.15, 0.2) is 0 Å². The molecule has 7 heteroatoms. The number of halogens is 1. The number of fused-ring (bicyclic) bond motifs is 1. The molecule has 0 aliphatic carbocycles. The second-order valence-corrected chi connectivity index (χ2v) is 9.66. The molecule has 2 N–H and O–H groups in total. The van der Waals surface area contributed by atoms with Crippen LogP contribution in [0.5, 0.6) is 0 Å². The van der Waals surface area contributed by atoms with Gasteiger partial charge in [0.2, 0.25) is 0 Å². The molecule has 174 valence electrons. The number of aromatic nitrogens is 1. The molecule has 1 saturated heterocycles. The lowest BCUT2D eigenvalue weighted by molar-refractivity contribution is 0.0199. The zero-order valence-corrected chi connectivity index (χ0v) is 19.5. The van der Waals surface area contributed by atoms with Gasteiger partial charge in [-0.05, 0) is 87.6 Å². The van der Waals surface area contributed by atoms with Crippen molar-refractivity contribution in [2.24, 2.45) is 0 Å². The predicted octanol–water partition coefficient (Wildman–Crippen LogP) is 5.41. The molecule has 0 atom stereocenters. The molecule has 1 aromatic heterocycles. The van der Waals surface area contributed by atoms with Crippen molar-refractivity contribution in [2.45, 2.75) is 52.2 Å². The molecule has 1 fully saturated rings. The zero-order valence-electron chi connectivity index (χ0n) is 19.5. The molecule has 1 aliphatic rings. The molecule has 2 amide bonds. The molecule has 0 bridgehead atoms. The molecule has 2 heterocycles. The Morgan fingerprint density at radius 1 is 1.06 bits per heavy atom. The number of H-pyrrole nitrogens is 1. The van der Waals surface area contributed by atoms with Crippen molar-refractivity contribution in [3.8, 4) is 11.1 Å². The van der Waals surface area contributed by atoms with Crippen LogP contribution >= 0.6 is 0 Å². The van der Waals surface area contributed by atoms with E-state index in [9.17, 15) is 14.0 Å². The number of nitrogens with one attached hydrogen (secondary N) is 2. The number of aryl methyl sites for hydroxylation is 1. The lowest BCUT2D eigenvalue weighted by Crippen LogP contribution is -2.47. The summed E-state index contributed by atoms with van der Waals surface area (Å²) >= 11 is 0. The third kappa shape index (κ3) is 5.35. The number of hydrogen-bond donors (Lipinski definition) is 2. The fourth-order valence-electron chi connectivity index (χ4n) is 4.05. The van der Waals surface area contributed by atoms with E-state index < -0.39 is 5.60 Å². The van der Waals surface area contributed by atoms with E-state index in [1.165, 1.54) is 6.07 Å². The Morgan fingerprint density at radius 3 is 2.39 bits per heavy atom. The number of rotatable bonds is 3. The first kappa shape index (κ1) is 22.8. The molecular formula is C26H30FN3O3. The average Bonchev–Trinajstić information content (AvgIpc) is 3.18. The fraction of sp³-hybridized carbons (Fsp3) is 0.385. The summed E-state index contributed by atoms with van der Waals surface area (Å²) in [5, 5.41) is 3.99. The van der Waals surface area contributed by atoms with Gasteiger partial charge in [-0.25, -0.2) is 9.18 Å². The van der Waals surface area contributed by atoms with Crippen LogP contribution in [0.1, 0.15) is 49.7 Å². The second-order valence-electron chi connectivity index (χ2n) is 9.66. The first-order valence-electron chi connectivity index (χ1n) is 11.3. The number of nitrogens with zero attached hydrogens (tertiary/aromatic N) is 1. The third-order valence-electron chi connectivity index (χ3n) is 5.84. The number of carbonyl (C=O) groups excluding carboxylic acids is 2. The van der Waals surface area contributed by atoms with Gasteiger partial charge in [0, 0.05) is 30.0 Å². The summed E-state index contributed by atoms with van der Waals surface area (Å²) < 4.78 is 19.0. The SMILES string of the molecule is Cc1cc(-c2ccc3[nH]c(C(=O)NC4CCN(C(=O)OC(C)(C)C)CC4)cc3c2)ccc1F. The van der Waals surface area contributed by atoms with Gasteiger partial charge in [-0.2, -0.15) is 0 Å². The van der Waals surface area contributed by atoms with Crippen LogP contribution in [0.2, 0.25) is 0 Å². The monoisotopic (exact) mass is 451 g/mol. The van der Waals surface area contributed by atoms with Crippen LogP contribution in [0.25, 0.3) is 22.0 Å². The Bertz CT molecular complexity index is 1190. The van der Waals surface area contributed by atoms with E-state index in [-0.39, 0.29) is 23.9 Å². The number of hydrogen-bond acceptors (Lipinski definition) is 3.